The molecular formula is C12H9BrClNS. The van der Waals surface area contributed by atoms with Crippen molar-refractivity contribution in [1.29, 1.82) is 0 Å². The van der Waals surface area contributed by atoms with Crippen molar-refractivity contribution in [1.82, 2.24) is 4.98 Å². The van der Waals surface area contributed by atoms with Gasteiger partial charge in [-0.25, -0.2) is 4.98 Å². The monoisotopic (exact) mass is 313 g/mol. The van der Waals surface area contributed by atoms with Crippen LogP contribution in [-0.4, -0.2) is 4.98 Å². The molecule has 0 saturated carbocycles. The summed E-state index contributed by atoms with van der Waals surface area (Å²) in [4.78, 5) is 4.24. The smallest absolute Gasteiger partial charge is 0.0964 e. The highest BCUT2D eigenvalue weighted by Gasteiger charge is 2.00. The van der Waals surface area contributed by atoms with Gasteiger partial charge in [-0.2, -0.15) is 0 Å². The lowest BCUT2D eigenvalue weighted by molar-refractivity contribution is 1.13. The van der Waals surface area contributed by atoms with Gasteiger partial charge in [-0.05, 0) is 23.8 Å². The van der Waals surface area contributed by atoms with E-state index in [0.717, 1.165) is 15.3 Å². The number of benzene rings is 1. The predicted molar refractivity (Wildman–Crippen MR) is 73.0 cm³/mol. The van der Waals surface area contributed by atoms with Crippen LogP contribution in [0.1, 0.15) is 5.56 Å². The summed E-state index contributed by atoms with van der Waals surface area (Å²) in [6.07, 6.45) is 1.67. The molecule has 4 heteroatoms. The maximum Gasteiger partial charge on any atom is 0.0964 e. The molecule has 0 N–H and O–H groups in total. The summed E-state index contributed by atoms with van der Waals surface area (Å²) in [5.41, 5.74) is 1.27. The van der Waals surface area contributed by atoms with Gasteiger partial charge in [0, 0.05) is 16.4 Å². The first-order valence-electron chi connectivity index (χ1n) is 4.73. The molecule has 1 heterocycles. The van der Waals surface area contributed by atoms with Crippen LogP contribution < -0.4 is 0 Å². The molecule has 0 unspecified atom stereocenters. The average Bonchev–Trinajstić information content (AvgIpc) is 2.30. The largest absolute Gasteiger partial charge is 0.248 e. The molecule has 82 valence electrons. The Hall–Kier alpha value is -0.510. The summed E-state index contributed by atoms with van der Waals surface area (Å²) in [6.45, 7) is 0. The fourth-order valence-corrected chi connectivity index (χ4v) is 2.78. The van der Waals surface area contributed by atoms with Crippen LogP contribution in [0.25, 0.3) is 0 Å². The maximum atomic E-state index is 5.77. The van der Waals surface area contributed by atoms with Gasteiger partial charge in [0.2, 0.25) is 0 Å². The van der Waals surface area contributed by atoms with Crippen molar-refractivity contribution in [2.24, 2.45) is 0 Å². The first-order chi connectivity index (χ1) is 7.75. The summed E-state index contributed by atoms with van der Waals surface area (Å²) in [5, 5.41) is 1.66. The fraction of sp³-hybridized carbons (Fsp3) is 0.0833. The topological polar surface area (TPSA) is 12.9 Å². The Morgan fingerprint density at radius 2 is 2.00 bits per heavy atom. The van der Waals surface area contributed by atoms with Crippen molar-refractivity contribution in [3.8, 4) is 0 Å². The molecular weight excluding hydrogens is 306 g/mol. The molecule has 16 heavy (non-hydrogen) atoms. The van der Waals surface area contributed by atoms with Crippen LogP contribution in [0.15, 0.2) is 52.1 Å². The van der Waals surface area contributed by atoms with Gasteiger partial charge in [0.25, 0.3) is 0 Å². The van der Waals surface area contributed by atoms with Crippen LogP contribution in [0.2, 0.25) is 5.02 Å². The quantitative estimate of drug-likeness (QED) is 0.756. The molecule has 0 radical (unpaired) electrons. The van der Waals surface area contributed by atoms with Crippen LogP contribution in [0.5, 0.6) is 0 Å². The van der Waals surface area contributed by atoms with Crippen LogP contribution >= 0.6 is 39.3 Å². The average molecular weight is 315 g/mol. The zero-order valence-corrected chi connectivity index (χ0v) is 11.5. The third kappa shape index (κ3) is 3.24. The predicted octanol–water partition coefficient (Wildman–Crippen LogP) is 4.79. The van der Waals surface area contributed by atoms with Gasteiger partial charge in [0.05, 0.1) is 10.0 Å². The maximum absolute atomic E-state index is 5.77. The number of thioether (sulfide) groups is 1. The molecule has 0 bridgehead atoms. The molecule has 1 nitrogen and oxygen atoms in total. The third-order valence-corrected chi connectivity index (χ3v) is 4.02. The zero-order valence-electron chi connectivity index (χ0n) is 8.36. The molecule has 0 aliphatic rings. The van der Waals surface area contributed by atoms with Gasteiger partial charge >= 0.3 is 0 Å². The Morgan fingerprint density at radius 1 is 1.19 bits per heavy atom. The standard InChI is InChI=1S/C12H9BrClNS/c13-11-4-2-1-3-9(11)8-16-12-6-5-10(14)7-15-12/h1-7H,8H2. The van der Waals surface area contributed by atoms with Gasteiger partial charge in [0.15, 0.2) is 0 Å². The van der Waals surface area contributed by atoms with Gasteiger partial charge in [0.1, 0.15) is 0 Å². The van der Waals surface area contributed by atoms with E-state index in [0.29, 0.717) is 5.02 Å². The van der Waals surface area contributed by atoms with E-state index in [4.69, 9.17) is 11.6 Å². The lowest BCUT2D eigenvalue weighted by Crippen LogP contribution is -1.84. The number of halogens is 2. The molecule has 0 aliphatic carbocycles. The number of nitrogens with zero attached hydrogens (tertiary/aromatic N) is 1. The van der Waals surface area contributed by atoms with Crippen molar-refractivity contribution in [2.45, 2.75) is 10.8 Å². The zero-order chi connectivity index (χ0) is 11.4. The Balaban J connectivity index is 2.02. The van der Waals surface area contributed by atoms with E-state index in [9.17, 15) is 0 Å². The second kappa shape index (κ2) is 5.71. The van der Waals surface area contributed by atoms with E-state index in [2.05, 4.69) is 27.0 Å². The summed E-state index contributed by atoms with van der Waals surface area (Å²) < 4.78 is 1.14. The Labute approximate surface area is 112 Å². The fourth-order valence-electron chi connectivity index (χ4n) is 1.21. The van der Waals surface area contributed by atoms with Gasteiger partial charge in [-0.1, -0.05) is 45.7 Å². The summed E-state index contributed by atoms with van der Waals surface area (Å²) in [6, 6.07) is 12.0. The van der Waals surface area contributed by atoms with Gasteiger partial charge in [-0.15, -0.1) is 11.8 Å². The molecule has 2 aromatic rings. The second-order valence-corrected chi connectivity index (χ2v) is 5.48. The highest BCUT2D eigenvalue weighted by atomic mass is 79.9. The van der Waals surface area contributed by atoms with Crippen molar-refractivity contribution in [3.05, 3.63) is 57.7 Å². The lowest BCUT2D eigenvalue weighted by atomic mass is 10.2. The lowest BCUT2D eigenvalue weighted by Gasteiger charge is -2.03. The molecule has 1 aromatic heterocycles. The van der Waals surface area contributed by atoms with Crippen molar-refractivity contribution < 1.29 is 0 Å². The number of rotatable bonds is 3. The number of pyridine rings is 1. The van der Waals surface area contributed by atoms with E-state index in [1.165, 1.54) is 5.56 Å². The van der Waals surface area contributed by atoms with E-state index in [1.807, 2.05) is 30.3 Å². The number of hydrogen-bond acceptors (Lipinski definition) is 2. The number of aromatic nitrogens is 1. The third-order valence-electron chi connectivity index (χ3n) is 2.03. The summed E-state index contributed by atoms with van der Waals surface area (Å²) in [7, 11) is 0. The van der Waals surface area contributed by atoms with E-state index in [-0.39, 0.29) is 0 Å². The van der Waals surface area contributed by atoms with Gasteiger partial charge in [-0.3, -0.25) is 0 Å². The van der Waals surface area contributed by atoms with Crippen LogP contribution in [0.4, 0.5) is 0 Å². The highest BCUT2D eigenvalue weighted by molar-refractivity contribution is 9.10. The minimum absolute atomic E-state index is 0.672. The summed E-state index contributed by atoms with van der Waals surface area (Å²) in [5.74, 6) is 0.899. The second-order valence-electron chi connectivity index (χ2n) is 3.19. The first kappa shape index (κ1) is 12.0. The Bertz CT molecular complexity index is 473. The van der Waals surface area contributed by atoms with Crippen molar-refractivity contribution >= 4 is 39.3 Å². The number of hydrogen-bond donors (Lipinski definition) is 0. The van der Waals surface area contributed by atoms with Crippen LogP contribution in [0.3, 0.4) is 0 Å². The Kier molecular flexibility index (Phi) is 4.27. The summed E-state index contributed by atoms with van der Waals surface area (Å²) >= 11 is 11.0. The van der Waals surface area contributed by atoms with E-state index >= 15 is 0 Å². The molecule has 0 saturated heterocycles. The SMILES string of the molecule is Clc1ccc(SCc2ccccc2Br)nc1. The molecule has 0 fully saturated rings. The van der Waals surface area contributed by atoms with Crippen LogP contribution in [-0.2, 0) is 5.75 Å². The highest BCUT2D eigenvalue weighted by Crippen LogP contribution is 2.25. The van der Waals surface area contributed by atoms with Crippen LogP contribution in [0, 0.1) is 0 Å². The first-order valence-corrected chi connectivity index (χ1v) is 6.89. The minimum atomic E-state index is 0.672. The Morgan fingerprint density at radius 3 is 2.69 bits per heavy atom. The molecule has 0 amide bonds. The van der Waals surface area contributed by atoms with E-state index in [1.54, 1.807) is 18.0 Å². The van der Waals surface area contributed by atoms with Gasteiger partial charge < -0.3 is 0 Å². The normalized spacial score (nSPS) is 10.4. The molecule has 0 atom stereocenters. The van der Waals surface area contributed by atoms with Crippen molar-refractivity contribution in [2.75, 3.05) is 0 Å². The van der Waals surface area contributed by atoms with E-state index < -0.39 is 0 Å². The molecule has 0 aliphatic heterocycles. The van der Waals surface area contributed by atoms with Crippen molar-refractivity contribution in [3.63, 3.8) is 0 Å². The molecule has 2 rings (SSSR count). The molecule has 0 spiro atoms. The minimum Gasteiger partial charge on any atom is -0.248 e. The molecule has 1 aromatic carbocycles.